The highest BCUT2D eigenvalue weighted by molar-refractivity contribution is 5.79. The third kappa shape index (κ3) is 5.02. The molecule has 2 aromatic heterocycles. The number of piperidine rings is 1. The first kappa shape index (κ1) is 23.7. The van der Waals surface area contributed by atoms with E-state index in [0.29, 0.717) is 23.9 Å². The van der Waals surface area contributed by atoms with E-state index < -0.39 is 0 Å². The van der Waals surface area contributed by atoms with Crippen LogP contribution in [0.3, 0.4) is 0 Å². The highest BCUT2D eigenvalue weighted by Gasteiger charge is 2.30. The van der Waals surface area contributed by atoms with E-state index >= 15 is 0 Å². The normalized spacial score (nSPS) is 18.3. The van der Waals surface area contributed by atoms with Crippen molar-refractivity contribution in [2.45, 2.75) is 83.6 Å². The zero-order valence-corrected chi connectivity index (χ0v) is 21.1. The van der Waals surface area contributed by atoms with Gasteiger partial charge in [-0.15, -0.1) is 5.10 Å². The van der Waals surface area contributed by atoms with Gasteiger partial charge < -0.3 is 9.88 Å². The molecule has 0 spiro atoms. The van der Waals surface area contributed by atoms with Crippen LogP contribution in [-0.4, -0.2) is 48.9 Å². The van der Waals surface area contributed by atoms with E-state index in [1.165, 1.54) is 24.8 Å². The minimum Gasteiger partial charge on any atom is -0.342 e. The quantitative estimate of drug-likeness (QED) is 0.610. The summed E-state index contributed by atoms with van der Waals surface area (Å²) in [6, 6.07) is 8.48. The zero-order chi connectivity index (χ0) is 24.6. The van der Waals surface area contributed by atoms with E-state index in [-0.39, 0.29) is 28.3 Å². The van der Waals surface area contributed by atoms with Crippen LogP contribution in [0.1, 0.15) is 88.6 Å². The Kier molecular flexibility index (Phi) is 6.47. The molecule has 0 radical (unpaired) electrons. The Balaban J connectivity index is 1.31. The fraction of sp³-hybridized carbons (Fsp3) is 0.593. The van der Waals surface area contributed by atoms with Crippen LogP contribution in [0.25, 0.3) is 11.2 Å². The smallest absolute Gasteiger partial charge is 0.281 e. The zero-order valence-electron chi connectivity index (χ0n) is 21.1. The van der Waals surface area contributed by atoms with Crippen LogP contribution in [0.5, 0.6) is 0 Å². The molecule has 8 heteroatoms. The number of aromatic amines is 1. The summed E-state index contributed by atoms with van der Waals surface area (Å²) >= 11 is 0. The van der Waals surface area contributed by atoms with Crippen LogP contribution in [0.2, 0.25) is 0 Å². The fourth-order valence-corrected chi connectivity index (χ4v) is 5.45. The number of hydrogen-bond donors (Lipinski definition) is 1. The van der Waals surface area contributed by atoms with Gasteiger partial charge in [-0.05, 0) is 42.2 Å². The maximum atomic E-state index is 12.9. The lowest BCUT2D eigenvalue weighted by molar-refractivity contribution is -0.137. The van der Waals surface area contributed by atoms with Gasteiger partial charge in [0.05, 0.1) is 6.54 Å². The van der Waals surface area contributed by atoms with Crippen molar-refractivity contribution in [3.63, 3.8) is 0 Å². The Morgan fingerprint density at radius 1 is 1.03 bits per heavy atom. The number of benzene rings is 1. The molecule has 35 heavy (non-hydrogen) atoms. The molecule has 1 aliphatic carbocycles. The number of hydrogen-bond acceptors (Lipinski definition) is 5. The second kappa shape index (κ2) is 9.55. The average Bonchev–Trinajstić information content (AvgIpc) is 3.27. The molecule has 1 saturated heterocycles. The van der Waals surface area contributed by atoms with Gasteiger partial charge in [0.15, 0.2) is 11.2 Å². The molecular formula is C27H36N6O2. The van der Waals surface area contributed by atoms with Gasteiger partial charge in [-0.1, -0.05) is 69.5 Å². The third-order valence-electron chi connectivity index (χ3n) is 7.69. The van der Waals surface area contributed by atoms with E-state index in [1.54, 1.807) is 4.68 Å². The molecule has 5 rings (SSSR count). The average molecular weight is 477 g/mol. The van der Waals surface area contributed by atoms with Crippen LogP contribution in [0.4, 0.5) is 0 Å². The number of nitrogens with one attached hydrogen (secondary N) is 1. The highest BCUT2D eigenvalue weighted by Crippen LogP contribution is 2.30. The minimum atomic E-state index is -0.250. The Morgan fingerprint density at radius 2 is 1.71 bits per heavy atom. The summed E-state index contributed by atoms with van der Waals surface area (Å²) in [5.41, 5.74) is 2.99. The molecule has 1 saturated carbocycles. The molecule has 2 fully saturated rings. The second-order valence-corrected chi connectivity index (χ2v) is 11.3. The van der Waals surface area contributed by atoms with Crippen LogP contribution in [0, 0.1) is 5.92 Å². The van der Waals surface area contributed by atoms with Crippen molar-refractivity contribution in [1.29, 1.82) is 0 Å². The summed E-state index contributed by atoms with van der Waals surface area (Å²) in [4.78, 5) is 35.5. The molecule has 8 nitrogen and oxygen atoms in total. The van der Waals surface area contributed by atoms with Gasteiger partial charge in [-0.3, -0.25) is 9.59 Å². The lowest BCUT2D eigenvalue weighted by Crippen LogP contribution is -2.42. The van der Waals surface area contributed by atoms with Crippen molar-refractivity contribution < 1.29 is 4.79 Å². The van der Waals surface area contributed by atoms with Gasteiger partial charge in [0.1, 0.15) is 5.82 Å². The molecule has 186 valence electrons. The largest absolute Gasteiger partial charge is 0.342 e. The summed E-state index contributed by atoms with van der Waals surface area (Å²) in [5, 5.41) is 8.33. The number of aromatic nitrogens is 5. The van der Waals surface area contributed by atoms with Crippen LogP contribution in [-0.2, 0) is 16.8 Å². The number of likely N-dealkylation sites (tertiary alicyclic amines) is 1. The first-order valence-corrected chi connectivity index (χ1v) is 13.0. The van der Waals surface area contributed by atoms with Gasteiger partial charge >= 0.3 is 0 Å². The number of fused-ring (bicyclic) bond motifs is 1. The van der Waals surface area contributed by atoms with Crippen molar-refractivity contribution in [3.8, 4) is 0 Å². The number of nitrogens with zero attached hydrogens (tertiary/aromatic N) is 5. The summed E-state index contributed by atoms with van der Waals surface area (Å²) in [7, 11) is 0. The van der Waals surface area contributed by atoms with Crippen molar-refractivity contribution in [3.05, 3.63) is 51.6 Å². The number of rotatable bonds is 4. The first-order valence-electron chi connectivity index (χ1n) is 13.0. The SMILES string of the molecule is CC(C)(C)c1ccc(Cn2nnc3c(=O)[nH]c(C4CCN(C(=O)C5CCCCC5)CC4)nc32)cc1. The molecule has 1 aliphatic heterocycles. The summed E-state index contributed by atoms with van der Waals surface area (Å²) in [6.07, 6.45) is 7.26. The molecule has 0 atom stereocenters. The number of carbonyl (C=O) groups is 1. The molecule has 0 unspecified atom stereocenters. The van der Waals surface area contributed by atoms with Gasteiger partial charge in [0.25, 0.3) is 5.56 Å². The fourth-order valence-electron chi connectivity index (χ4n) is 5.45. The topological polar surface area (TPSA) is 96.8 Å². The standard InChI is InChI=1S/C27H36N6O2/c1-27(2,3)21-11-9-18(10-12-21)17-33-24-22(30-31-33)25(34)29-23(28-24)19-13-15-32(16-14-19)26(35)20-7-5-4-6-8-20/h9-12,19-20H,4-8,13-17H2,1-3H3,(H,28,29,34). The van der Waals surface area contributed by atoms with E-state index in [4.69, 9.17) is 4.98 Å². The maximum absolute atomic E-state index is 12.9. The lowest BCUT2D eigenvalue weighted by Gasteiger charge is -2.34. The van der Waals surface area contributed by atoms with Gasteiger partial charge in [0, 0.05) is 24.9 Å². The molecule has 1 amide bonds. The van der Waals surface area contributed by atoms with E-state index in [2.05, 4.69) is 60.3 Å². The Morgan fingerprint density at radius 3 is 2.37 bits per heavy atom. The molecule has 1 aromatic carbocycles. The monoisotopic (exact) mass is 476 g/mol. The van der Waals surface area contributed by atoms with Gasteiger partial charge in [-0.25, -0.2) is 9.67 Å². The molecule has 1 N–H and O–H groups in total. The molecule has 2 aliphatic rings. The summed E-state index contributed by atoms with van der Waals surface area (Å²) in [6.45, 7) is 8.53. The van der Waals surface area contributed by atoms with E-state index in [1.807, 2.05) is 4.90 Å². The summed E-state index contributed by atoms with van der Waals surface area (Å²) < 4.78 is 1.71. The third-order valence-corrected chi connectivity index (χ3v) is 7.69. The Hall–Kier alpha value is -3.03. The molecule has 3 heterocycles. The van der Waals surface area contributed by atoms with Crippen LogP contribution >= 0.6 is 0 Å². The molecular weight excluding hydrogens is 440 g/mol. The second-order valence-electron chi connectivity index (χ2n) is 11.3. The number of H-pyrrole nitrogens is 1. The number of amides is 1. The molecule has 3 aromatic rings. The maximum Gasteiger partial charge on any atom is 0.281 e. The van der Waals surface area contributed by atoms with Crippen LogP contribution in [0.15, 0.2) is 29.1 Å². The Labute approximate surface area is 206 Å². The Bertz CT molecular complexity index is 1240. The van der Waals surface area contributed by atoms with Crippen molar-refractivity contribution >= 4 is 17.1 Å². The van der Waals surface area contributed by atoms with Crippen molar-refractivity contribution in [1.82, 2.24) is 29.9 Å². The van der Waals surface area contributed by atoms with E-state index in [0.717, 1.165) is 44.3 Å². The van der Waals surface area contributed by atoms with E-state index in [9.17, 15) is 9.59 Å². The minimum absolute atomic E-state index is 0.0961. The van der Waals surface area contributed by atoms with Crippen molar-refractivity contribution in [2.24, 2.45) is 5.92 Å². The first-order chi connectivity index (χ1) is 16.8. The van der Waals surface area contributed by atoms with Crippen LogP contribution < -0.4 is 5.56 Å². The number of carbonyl (C=O) groups excluding carboxylic acids is 1. The van der Waals surface area contributed by atoms with Gasteiger partial charge in [0.2, 0.25) is 5.91 Å². The summed E-state index contributed by atoms with van der Waals surface area (Å²) in [5.74, 6) is 1.32. The van der Waals surface area contributed by atoms with Gasteiger partial charge in [-0.2, -0.15) is 0 Å². The predicted molar refractivity (Wildman–Crippen MR) is 135 cm³/mol. The molecule has 0 bridgehead atoms. The lowest BCUT2D eigenvalue weighted by atomic mass is 9.87. The predicted octanol–water partition coefficient (Wildman–Crippen LogP) is 4.15. The van der Waals surface area contributed by atoms with Crippen molar-refractivity contribution in [2.75, 3.05) is 13.1 Å². The highest BCUT2D eigenvalue weighted by atomic mass is 16.2.